The molecule has 1 amide bonds. The summed E-state index contributed by atoms with van der Waals surface area (Å²) in [5.41, 5.74) is 2.01. The molecule has 0 bridgehead atoms. The number of hydrogen-bond donors (Lipinski definition) is 2. The summed E-state index contributed by atoms with van der Waals surface area (Å²) in [4.78, 5) is 14.4. The molecule has 0 aliphatic carbocycles. The average Bonchev–Trinajstić information content (AvgIpc) is 2.95. The maximum atomic E-state index is 12.0. The standard InChI is InChI=1S/C18H27N3O3S/c22-18(8-10-19-16-9-13-25(23,24)14-16)20-15-4-6-17(7-5-15)21-11-2-1-3-12-21/h4-7,16,19H,1-3,8-14H2,(H,20,22). The lowest BCUT2D eigenvalue weighted by atomic mass is 10.1. The minimum atomic E-state index is -2.88. The summed E-state index contributed by atoms with van der Waals surface area (Å²) < 4.78 is 22.8. The van der Waals surface area contributed by atoms with Crippen LogP contribution in [0.15, 0.2) is 24.3 Å². The van der Waals surface area contributed by atoms with Crippen LogP contribution in [0.1, 0.15) is 32.1 Å². The summed E-state index contributed by atoms with van der Waals surface area (Å²) >= 11 is 0. The van der Waals surface area contributed by atoms with Crippen LogP contribution in [-0.2, 0) is 14.6 Å². The maximum Gasteiger partial charge on any atom is 0.225 e. The first-order valence-corrected chi connectivity index (χ1v) is 10.9. The number of hydrogen-bond acceptors (Lipinski definition) is 5. The van der Waals surface area contributed by atoms with Crippen molar-refractivity contribution in [2.75, 3.05) is 41.4 Å². The lowest BCUT2D eigenvalue weighted by molar-refractivity contribution is -0.116. The first-order chi connectivity index (χ1) is 12.0. The van der Waals surface area contributed by atoms with Gasteiger partial charge in [0, 0.05) is 43.5 Å². The van der Waals surface area contributed by atoms with Crippen LogP contribution in [0.4, 0.5) is 11.4 Å². The predicted molar refractivity (Wildman–Crippen MR) is 101 cm³/mol. The lowest BCUT2D eigenvalue weighted by Gasteiger charge is -2.28. The van der Waals surface area contributed by atoms with Crippen LogP contribution >= 0.6 is 0 Å². The number of anilines is 2. The van der Waals surface area contributed by atoms with Gasteiger partial charge in [-0.25, -0.2) is 8.42 Å². The molecule has 138 valence electrons. The van der Waals surface area contributed by atoms with Gasteiger partial charge in [-0.15, -0.1) is 0 Å². The van der Waals surface area contributed by atoms with E-state index in [0.717, 1.165) is 18.8 Å². The Morgan fingerprint density at radius 3 is 2.48 bits per heavy atom. The third kappa shape index (κ3) is 5.44. The zero-order valence-electron chi connectivity index (χ0n) is 14.5. The smallest absolute Gasteiger partial charge is 0.225 e. The van der Waals surface area contributed by atoms with Gasteiger partial charge < -0.3 is 15.5 Å². The molecule has 2 saturated heterocycles. The normalized spacial score (nSPS) is 22.7. The SMILES string of the molecule is O=C(CCNC1CCS(=O)(=O)C1)Nc1ccc(N2CCCCC2)cc1. The zero-order valence-corrected chi connectivity index (χ0v) is 15.4. The number of nitrogens with zero attached hydrogens (tertiary/aromatic N) is 1. The number of sulfone groups is 1. The van der Waals surface area contributed by atoms with Gasteiger partial charge in [0.2, 0.25) is 5.91 Å². The first-order valence-electron chi connectivity index (χ1n) is 9.10. The first kappa shape index (κ1) is 18.2. The largest absolute Gasteiger partial charge is 0.372 e. The highest BCUT2D eigenvalue weighted by Crippen LogP contribution is 2.21. The molecule has 2 N–H and O–H groups in total. The minimum Gasteiger partial charge on any atom is -0.372 e. The summed E-state index contributed by atoms with van der Waals surface area (Å²) in [6.07, 6.45) is 4.78. The zero-order chi connectivity index (χ0) is 17.7. The third-order valence-corrected chi connectivity index (χ3v) is 6.66. The Labute approximate surface area is 149 Å². The second kappa shape index (κ2) is 8.19. The van der Waals surface area contributed by atoms with Crippen molar-refractivity contribution in [3.8, 4) is 0 Å². The van der Waals surface area contributed by atoms with Crippen LogP contribution in [0.25, 0.3) is 0 Å². The maximum absolute atomic E-state index is 12.0. The number of carbonyl (C=O) groups is 1. The lowest BCUT2D eigenvalue weighted by Crippen LogP contribution is -2.32. The molecule has 0 saturated carbocycles. The number of rotatable bonds is 6. The second-order valence-corrected chi connectivity index (χ2v) is 9.18. The van der Waals surface area contributed by atoms with E-state index in [1.165, 1.54) is 24.9 Å². The van der Waals surface area contributed by atoms with Gasteiger partial charge in [-0.05, 0) is 49.9 Å². The van der Waals surface area contributed by atoms with Crippen molar-refractivity contribution in [1.82, 2.24) is 5.32 Å². The Morgan fingerprint density at radius 2 is 1.84 bits per heavy atom. The number of carbonyl (C=O) groups excluding carboxylic acids is 1. The number of benzene rings is 1. The number of amides is 1. The van der Waals surface area contributed by atoms with Crippen LogP contribution in [0.3, 0.4) is 0 Å². The number of nitrogens with one attached hydrogen (secondary N) is 2. The highest BCUT2D eigenvalue weighted by atomic mass is 32.2. The van der Waals surface area contributed by atoms with E-state index in [2.05, 4.69) is 27.7 Å². The molecule has 1 aromatic carbocycles. The van der Waals surface area contributed by atoms with Crippen molar-refractivity contribution in [2.24, 2.45) is 0 Å². The van der Waals surface area contributed by atoms with Crippen molar-refractivity contribution in [1.29, 1.82) is 0 Å². The van der Waals surface area contributed by atoms with Crippen molar-refractivity contribution in [2.45, 2.75) is 38.1 Å². The van der Waals surface area contributed by atoms with E-state index in [9.17, 15) is 13.2 Å². The molecule has 25 heavy (non-hydrogen) atoms. The Hall–Kier alpha value is -1.60. The molecule has 6 nitrogen and oxygen atoms in total. The molecule has 1 atom stereocenters. The molecule has 2 aliphatic rings. The molecule has 0 radical (unpaired) electrons. The highest BCUT2D eigenvalue weighted by molar-refractivity contribution is 7.91. The Morgan fingerprint density at radius 1 is 1.12 bits per heavy atom. The molecule has 1 aromatic rings. The van der Waals surface area contributed by atoms with E-state index in [0.29, 0.717) is 19.4 Å². The van der Waals surface area contributed by atoms with E-state index in [-0.39, 0.29) is 23.5 Å². The average molecular weight is 365 g/mol. The molecule has 2 aliphatic heterocycles. The fourth-order valence-electron chi connectivity index (χ4n) is 3.48. The summed E-state index contributed by atoms with van der Waals surface area (Å²) in [5, 5.41) is 6.06. The van der Waals surface area contributed by atoms with Gasteiger partial charge in [-0.3, -0.25) is 4.79 Å². The van der Waals surface area contributed by atoms with Gasteiger partial charge in [-0.2, -0.15) is 0 Å². The quantitative estimate of drug-likeness (QED) is 0.803. The van der Waals surface area contributed by atoms with E-state index >= 15 is 0 Å². The summed E-state index contributed by atoms with van der Waals surface area (Å²) in [6, 6.07) is 7.99. The van der Waals surface area contributed by atoms with Crippen LogP contribution in [-0.4, -0.2) is 51.5 Å². The van der Waals surface area contributed by atoms with Gasteiger partial charge in [-0.1, -0.05) is 0 Å². The van der Waals surface area contributed by atoms with Crippen LogP contribution < -0.4 is 15.5 Å². The highest BCUT2D eigenvalue weighted by Gasteiger charge is 2.27. The summed E-state index contributed by atoms with van der Waals surface area (Å²) in [6.45, 7) is 2.71. The van der Waals surface area contributed by atoms with Gasteiger partial charge in [0.05, 0.1) is 11.5 Å². The molecule has 0 aromatic heterocycles. The van der Waals surface area contributed by atoms with E-state index in [4.69, 9.17) is 0 Å². The Bertz CT molecular complexity index is 682. The third-order valence-electron chi connectivity index (χ3n) is 4.89. The van der Waals surface area contributed by atoms with E-state index in [1.54, 1.807) is 0 Å². The van der Waals surface area contributed by atoms with Crippen LogP contribution in [0.2, 0.25) is 0 Å². The molecule has 0 spiro atoms. The summed E-state index contributed by atoms with van der Waals surface area (Å²) in [7, 11) is -2.88. The minimum absolute atomic E-state index is 0.0124. The van der Waals surface area contributed by atoms with Gasteiger partial charge in [0.25, 0.3) is 0 Å². The topological polar surface area (TPSA) is 78.5 Å². The molecule has 2 fully saturated rings. The molecule has 7 heteroatoms. The van der Waals surface area contributed by atoms with Crippen molar-refractivity contribution < 1.29 is 13.2 Å². The number of piperidine rings is 1. The Balaban J connectivity index is 1.40. The van der Waals surface area contributed by atoms with Crippen LogP contribution in [0.5, 0.6) is 0 Å². The molecular weight excluding hydrogens is 338 g/mol. The second-order valence-electron chi connectivity index (χ2n) is 6.95. The van der Waals surface area contributed by atoms with E-state index in [1.807, 2.05) is 12.1 Å². The van der Waals surface area contributed by atoms with Gasteiger partial charge in [0.15, 0.2) is 9.84 Å². The van der Waals surface area contributed by atoms with Gasteiger partial charge >= 0.3 is 0 Å². The fraction of sp³-hybridized carbons (Fsp3) is 0.611. The van der Waals surface area contributed by atoms with Crippen molar-refractivity contribution in [3.63, 3.8) is 0 Å². The Kier molecular flexibility index (Phi) is 5.96. The van der Waals surface area contributed by atoms with Crippen molar-refractivity contribution in [3.05, 3.63) is 24.3 Å². The monoisotopic (exact) mass is 365 g/mol. The van der Waals surface area contributed by atoms with Crippen LogP contribution in [0, 0.1) is 0 Å². The van der Waals surface area contributed by atoms with Gasteiger partial charge in [0.1, 0.15) is 0 Å². The molecule has 3 rings (SSSR count). The molecular formula is C18H27N3O3S. The molecule has 1 unspecified atom stereocenters. The van der Waals surface area contributed by atoms with E-state index < -0.39 is 9.84 Å². The van der Waals surface area contributed by atoms with Crippen molar-refractivity contribution >= 4 is 27.1 Å². The fourth-order valence-corrected chi connectivity index (χ4v) is 5.18. The predicted octanol–water partition coefficient (Wildman–Crippen LogP) is 1.78. The summed E-state index contributed by atoms with van der Waals surface area (Å²) in [5.74, 6) is 0.381. The molecule has 2 heterocycles.